The van der Waals surface area contributed by atoms with Crippen molar-refractivity contribution in [3.63, 3.8) is 0 Å². The van der Waals surface area contributed by atoms with Crippen LogP contribution in [0.15, 0.2) is 54.6 Å². The molecule has 5 nitrogen and oxygen atoms in total. The monoisotopic (exact) mass is 455 g/mol. The summed E-state index contributed by atoms with van der Waals surface area (Å²) in [6.07, 6.45) is -4.83. The predicted octanol–water partition coefficient (Wildman–Crippen LogP) is 4.36. The predicted molar refractivity (Wildman–Crippen MR) is 117 cm³/mol. The van der Waals surface area contributed by atoms with Crippen LogP contribution in [-0.4, -0.2) is 53.4 Å². The quantitative estimate of drug-likeness (QED) is 0.676. The van der Waals surface area contributed by atoms with Crippen molar-refractivity contribution in [1.29, 1.82) is 0 Å². The lowest BCUT2D eigenvalue weighted by atomic mass is 10.2. The van der Waals surface area contributed by atoms with Gasteiger partial charge in [0.15, 0.2) is 5.75 Å². The van der Waals surface area contributed by atoms with Gasteiger partial charge in [-0.2, -0.15) is 0 Å². The molecule has 0 spiro atoms. The van der Waals surface area contributed by atoms with Crippen LogP contribution >= 0.6 is 24.0 Å². The largest absolute Gasteiger partial charge is 0.573 e. The first-order valence-corrected chi connectivity index (χ1v) is 10.6. The van der Waals surface area contributed by atoms with Gasteiger partial charge in [-0.1, -0.05) is 54.3 Å². The van der Waals surface area contributed by atoms with Crippen LogP contribution in [0.2, 0.25) is 0 Å². The second-order valence-corrected chi connectivity index (χ2v) is 8.07. The molecule has 0 unspecified atom stereocenters. The molecule has 1 amide bonds. The van der Waals surface area contributed by atoms with E-state index in [0.717, 1.165) is 37.9 Å². The van der Waals surface area contributed by atoms with Crippen molar-refractivity contribution in [3.8, 4) is 5.75 Å². The van der Waals surface area contributed by atoms with E-state index in [1.54, 1.807) is 0 Å². The molecule has 1 N–H and O–H groups in total. The topological polar surface area (TPSA) is 44.8 Å². The van der Waals surface area contributed by atoms with Gasteiger partial charge in [0.25, 0.3) is 0 Å². The molecular formula is C20H20F3N3O2S2. The molecule has 0 saturated carbocycles. The molecule has 2 aromatic carbocycles. The Morgan fingerprint density at radius 2 is 1.67 bits per heavy atom. The summed E-state index contributed by atoms with van der Waals surface area (Å²) < 4.78 is 42.0. The SMILES string of the molecule is O=C(CSC(=S)N1CCN(c2ccccc2)CC1)Nc1ccccc1OC(F)(F)F. The average molecular weight is 456 g/mol. The number of carbonyl (C=O) groups is 1. The van der Waals surface area contributed by atoms with Crippen molar-refractivity contribution in [1.82, 2.24) is 4.90 Å². The zero-order valence-electron chi connectivity index (χ0n) is 15.9. The molecule has 0 radical (unpaired) electrons. The van der Waals surface area contributed by atoms with E-state index >= 15 is 0 Å². The molecular weight excluding hydrogens is 435 g/mol. The Hall–Kier alpha value is -2.46. The first-order chi connectivity index (χ1) is 14.3. The average Bonchev–Trinajstić information content (AvgIpc) is 2.73. The van der Waals surface area contributed by atoms with Crippen LogP contribution < -0.4 is 15.0 Å². The second-order valence-electron chi connectivity index (χ2n) is 6.46. The number of amides is 1. The third-order valence-corrected chi connectivity index (χ3v) is 5.90. The van der Waals surface area contributed by atoms with E-state index in [1.807, 2.05) is 23.1 Å². The van der Waals surface area contributed by atoms with Crippen molar-refractivity contribution >= 4 is 45.6 Å². The maximum atomic E-state index is 12.5. The zero-order valence-corrected chi connectivity index (χ0v) is 17.5. The summed E-state index contributed by atoms with van der Waals surface area (Å²) in [6.45, 7) is 3.12. The molecule has 0 aliphatic carbocycles. The van der Waals surface area contributed by atoms with Crippen LogP contribution in [0.4, 0.5) is 24.5 Å². The highest BCUT2D eigenvalue weighted by Crippen LogP contribution is 2.30. The normalized spacial score (nSPS) is 14.4. The first kappa shape index (κ1) is 22.2. The molecule has 2 aromatic rings. The standard InChI is InChI=1S/C20H20F3N3O2S2/c21-20(22,23)28-17-9-5-4-8-16(17)24-18(27)14-30-19(29)26-12-10-25(11-13-26)15-6-2-1-3-7-15/h1-9H,10-14H2,(H,24,27). The van der Waals surface area contributed by atoms with Gasteiger partial charge in [0.05, 0.1) is 11.4 Å². The molecule has 1 saturated heterocycles. The smallest absolute Gasteiger partial charge is 0.404 e. The fourth-order valence-corrected chi connectivity index (χ4v) is 4.03. The van der Waals surface area contributed by atoms with E-state index in [9.17, 15) is 18.0 Å². The van der Waals surface area contributed by atoms with E-state index < -0.39 is 18.0 Å². The van der Waals surface area contributed by atoms with Gasteiger partial charge in [-0.05, 0) is 24.3 Å². The van der Waals surface area contributed by atoms with Crippen LogP contribution in [0.1, 0.15) is 0 Å². The van der Waals surface area contributed by atoms with Crippen molar-refractivity contribution in [2.45, 2.75) is 6.36 Å². The van der Waals surface area contributed by atoms with Crippen molar-refractivity contribution < 1.29 is 22.7 Å². The number of ether oxygens (including phenoxy) is 1. The number of hydrogen-bond acceptors (Lipinski definition) is 5. The fourth-order valence-electron chi connectivity index (χ4n) is 2.97. The Kier molecular flexibility index (Phi) is 7.43. The van der Waals surface area contributed by atoms with Crippen LogP contribution in [0.3, 0.4) is 0 Å². The summed E-state index contributed by atoms with van der Waals surface area (Å²) >= 11 is 6.62. The highest BCUT2D eigenvalue weighted by atomic mass is 32.2. The second kappa shape index (κ2) is 10.0. The maximum Gasteiger partial charge on any atom is 0.573 e. The summed E-state index contributed by atoms with van der Waals surface area (Å²) in [4.78, 5) is 16.5. The van der Waals surface area contributed by atoms with Crippen LogP contribution in [0.25, 0.3) is 0 Å². The number of alkyl halides is 3. The van der Waals surface area contributed by atoms with Gasteiger partial charge >= 0.3 is 6.36 Å². The lowest BCUT2D eigenvalue weighted by Crippen LogP contribution is -2.47. The van der Waals surface area contributed by atoms with Gasteiger partial charge in [-0.3, -0.25) is 4.79 Å². The molecule has 1 aliphatic heterocycles. The molecule has 1 fully saturated rings. The molecule has 1 aliphatic rings. The molecule has 160 valence electrons. The highest BCUT2D eigenvalue weighted by molar-refractivity contribution is 8.23. The number of carbonyl (C=O) groups excluding carboxylic acids is 1. The number of halogens is 3. The minimum absolute atomic E-state index is 0.00190. The Morgan fingerprint density at radius 1 is 1.03 bits per heavy atom. The number of piperazine rings is 1. The molecule has 3 rings (SSSR count). The number of nitrogens with one attached hydrogen (secondary N) is 1. The maximum absolute atomic E-state index is 12.5. The number of thioether (sulfide) groups is 1. The first-order valence-electron chi connectivity index (χ1n) is 9.18. The highest BCUT2D eigenvalue weighted by Gasteiger charge is 2.32. The number of benzene rings is 2. The third-order valence-electron chi connectivity index (χ3n) is 4.37. The molecule has 0 aromatic heterocycles. The Labute approximate surface area is 182 Å². The van der Waals surface area contributed by atoms with Gasteiger partial charge < -0.3 is 19.9 Å². The number of nitrogens with zero attached hydrogens (tertiary/aromatic N) is 2. The number of hydrogen-bond donors (Lipinski definition) is 1. The summed E-state index contributed by atoms with van der Waals surface area (Å²) in [6, 6.07) is 15.5. The van der Waals surface area contributed by atoms with Gasteiger partial charge in [0.2, 0.25) is 5.91 Å². The van der Waals surface area contributed by atoms with Crippen LogP contribution in [0, 0.1) is 0 Å². The Bertz CT molecular complexity index is 873. The molecule has 10 heteroatoms. The number of para-hydroxylation sites is 3. The van der Waals surface area contributed by atoms with Crippen LogP contribution in [0.5, 0.6) is 5.75 Å². The minimum atomic E-state index is -4.83. The van der Waals surface area contributed by atoms with Crippen molar-refractivity contribution in [2.24, 2.45) is 0 Å². The van der Waals surface area contributed by atoms with Crippen molar-refractivity contribution in [2.75, 3.05) is 42.1 Å². The molecule has 0 bridgehead atoms. The number of anilines is 2. The summed E-state index contributed by atoms with van der Waals surface area (Å²) in [5.74, 6) is -0.913. The van der Waals surface area contributed by atoms with Gasteiger partial charge in [0, 0.05) is 31.9 Å². The minimum Gasteiger partial charge on any atom is -0.404 e. The van der Waals surface area contributed by atoms with Gasteiger partial charge in [-0.15, -0.1) is 13.2 Å². The van der Waals surface area contributed by atoms with E-state index in [1.165, 1.54) is 30.0 Å². The summed E-state index contributed by atoms with van der Waals surface area (Å²) in [5.41, 5.74) is 1.12. The zero-order chi connectivity index (χ0) is 21.6. The summed E-state index contributed by atoms with van der Waals surface area (Å²) in [7, 11) is 0. The molecule has 0 atom stereocenters. The number of thiocarbonyl (C=S) groups is 1. The van der Waals surface area contributed by atoms with Gasteiger partial charge in [-0.25, -0.2) is 0 Å². The fraction of sp³-hybridized carbons (Fsp3) is 0.300. The third kappa shape index (κ3) is 6.53. The lowest BCUT2D eigenvalue weighted by molar-refractivity contribution is -0.274. The van der Waals surface area contributed by atoms with E-state index in [2.05, 4.69) is 27.1 Å². The van der Waals surface area contributed by atoms with Gasteiger partial charge in [0.1, 0.15) is 4.32 Å². The Morgan fingerprint density at radius 3 is 2.33 bits per heavy atom. The number of rotatable bonds is 5. The van der Waals surface area contributed by atoms with E-state index in [4.69, 9.17) is 12.2 Å². The Balaban J connectivity index is 1.46. The van der Waals surface area contributed by atoms with Crippen LogP contribution in [-0.2, 0) is 4.79 Å². The van der Waals surface area contributed by atoms with E-state index in [-0.39, 0.29) is 11.4 Å². The molecule has 30 heavy (non-hydrogen) atoms. The molecule has 1 heterocycles. The summed E-state index contributed by atoms with van der Waals surface area (Å²) in [5, 5.41) is 2.45. The van der Waals surface area contributed by atoms with Crippen molar-refractivity contribution in [3.05, 3.63) is 54.6 Å². The van der Waals surface area contributed by atoms with E-state index in [0.29, 0.717) is 4.32 Å². The lowest BCUT2D eigenvalue weighted by Gasteiger charge is -2.37.